The van der Waals surface area contributed by atoms with Crippen molar-refractivity contribution >= 4 is 62.6 Å². The van der Waals surface area contributed by atoms with Gasteiger partial charge >= 0.3 is 0 Å². The van der Waals surface area contributed by atoms with E-state index in [4.69, 9.17) is 0 Å². The molecule has 1 aliphatic rings. The Morgan fingerprint density at radius 1 is 0.833 bits per heavy atom. The van der Waals surface area contributed by atoms with Gasteiger partial charge in [-0.3, -0.25) is 14.1 Å². The molecular formula is C21H15NNaO6S. The molecule has 3 aromatic carbocycles. The number of hydrogen-bond acceptors (Lipinski definition) is 6. The molecule has 3 N–H and O–H groups in total. The molecule has 0 fully saturated rings. The maximum Gasteiger partial charge on any atom is 0.296 e. The Morgan fingerprint density at radius 3 is 2.00 bits per heavy atom. The molecule has 0 aliphatic heterocycles. The second-order valence-electron chi connectivity index (χ2n) is 6.69. The summed E-state index contributed by atoms with van der Waals surface area (Å²) in [6.07, 6.45) is 0. The summed E-state index contributed by atoms with van der Waals surface area (Å²) in [7, 11) is -4.54. The summed E-state index contributed by atoms with van der Waals surface area (Å²) in [5, 5.41) is 13.1. The fourth-order valence-corrected chi connectivity index (χ4v) is 4.13. The van der Waals surface area contributed by atoms with Crippen molar-refractivity contribution in [2.75, 3.05) is 5.32 Å². The van der Waals surface area contributed by atoms with Crippen molar-refractivity contribution < 1.29 is 27.7 Å². The zero-order chi connectivity index (χ0) is 20.9. The standard InChI is InChI=1S/C21H15NO6S.Na/c1-11-6-7-14(17(10-11)29(26,27)28)22-15-8-9-16(23)19-18(15)20(24)12-4-2-3-5-13(12)21(19)25;/h2-10,22-23H,1H3,(H,26,27,28);. The van der Waals surface area contributed by atoms with Crippen LogP contribution in [0.25, 0.3) is 0 Å². The molecule has 0 heterocycles. The minimum atomic E-state index is -4.54. The molecule has 147 valence electrons. The van der Waals surface area contributed by atoms with Crippen LogP contribution in [0.4, 0.5) is 11.4 Å². The Bertz CT molecular complexity index is 1320. The number of aryl methyl sites for hydroxylation is 1. The van der Waals surface area contributed by atoms with Crippen molar-refractivity contribution in [1.82, 2.24) is 0 Å². The molecule has 0 spiro atoms. The number of anilines is 2. The third kappa shape index (κ3) is 3.68. The molecule has 0 unspecified atom stereocenters. The summed E-state index contributed by atoms with van der Waals surface area (Å²) >= 11 is 0. The molecule has 3 aromatic rings. The van der Waals surface area contributed by atoms with Crippen LogP contribution in [0, 0.1) is 6.92 Å². The van der Waals surface area contributed by atoms with Crippen LogP contribution in [0.15, 0.2) is 59.5 Å². The maximum absolute atomic E-state index is 13.1. The number of hydrogen-bond donors (Lipinski definition) is 3. The summed E-state index contributed by atoms with van der Waals surface area (Å²) in [5.74, 6) is -1.33. The minimum absolute atomic E-state index is 0. The third-order valence-corrected chi connectivity index (χ3v) is 5.63. The van der Waals surface area contributed by atoms with Crippen LogP contribution in [-0.4, -0.2) is 59.2 Å². The molecule has 0 saturated carbocycles. The summed E-state index contributed by atoms with van der Waals surface area (Å²) in [4.78, 5) is 25.6. The summed E-state index contributed by atoms with van der Waals surface area (Å²) in [6.45, 7) is 1.67. The number of phenols is 1. The van der Waals surface area contributed by atoms with Crippen molar-refractivity contribution in [2.45, 2.75) is 11.8 Å². The first-order chi connectivity index (χ1) is 13.7. The van der Waals surface area contributed by atoms with Crippen LogP contribution in [0.2, 0.25) is 0 Å². The Hall–Kier alpha value is -2.49. The Balaban J connectivity index is 0.00000256. The van der Waals surface area contributed by atoms with E-state index < -0.39 is 21.7 Å². The van der Waals surface area contributed by atoms with Crippen molar-refractivity contribution in [2.24, 2.45) is 0 Å². The number of aromatic hydroxyl groups is 1. The first kappa shape index (κ1) is 22.2. The van der Waals surface area contributed by atoms with Crippen LogP contribution < -0.4 is 5.32 Å². The third-order valence-electron chi connectivity index (χ3n) is 4.74. The first-order valence-corrected chi connectivity index (χ1v) is 10.0. The van der Waals surface area contributed by atoms with Crippen molar-refractivity contribution in [3.63, 3.8) is 0 Å². The van der Waals surface area contributed by atoms with Gasteiger partial charge in [-0.25, -0.2) is 0 Å². The number of fused-ring (bicyclic) bond motifs is 2. The Kier molecular flexibility index (Phi) is 5.90. The molecule has 0 bridgehead atoms. The Morgan fingerprint density at radius 2 is 1.40 bits per heavy atom. The SMILES string of the molecule is Cc1ccc(Nc2ccc(O)c3c2C(=O)c2ccccc2C3=O)c(S(=O)(=O)O)c1.[Na]. The Labute approximate surface area is 194 Å². The van der Waals surface area contributed by atoms with Crippen molar-refractivity contribution in [3.8, 4) is 5.75 Å². The van der Waals surface area contributed by atoms with E-state index in [1.54, 1.807) is 25.1 Å². The van der Waals surface area contributed by atoms with Gasteiger partial charge in [0.15, 0.2) is 11.6 Å². The van der Waals surface area contributed by atoms with Gasteiger partial charge < -0.3 is 10.4 Å². The van der Waals surface area contributed by atoms with Gasteiger partial charge in [0.2, 0.25) is 0 Å². The number of rotatable bonds is 3. The van der Waals surface area contributed by atoms with E-state index in [9.17, 15) is 27.7 Å². The van der Waals surface area contributed by atoms with Gasteiger partial charge in [-0.15, -0.1) is 0 Å². The molecule has 1 radical (unpaired) electrons. The summed E-state index contributed by atoms with van der Waals surface area (Å²) < 4.78 is 33.1. The summed E-state index contributed by atoms with van der Waals surface area (Å²) in [6, 6.07) is 13.3. The predicted octanol–water partition coefficient (Wildman–Crippen LogP) is 3.09. The second kappa shape index (κ2) is 7.98. The van der Waals surface area contributed by atoms with Gasteiger partial charge in [-0.1, -0.05) is 30.3 Å². The maximum atomic E-state index is 13.1. The van der Waals surface area contributed by atoms with Gasteiger partial charge in [0, 0.05) is 40.7 Å². The van der Waals surface area contributed by atoms with Gasteiger partial charge in [0.1, 0.15) is 10.6 Å². The topological polar surface area (TPSA) is 121 Å². The van der Waals surface area contributed by atoms with Crippen LogP contribution >= 0.6 is 0 Å². The fraction of sp³-hybridized carbons (Fsp3) is 0.0476. The average molecular weight is 432 g/mol. The van der Waals surface area contributed by atoms with Gasteiger partial charge in [-0.2, -0.15) is 8.42 Å². The number of carbonyl (C=O) groups excluding carboxylic acids is 2. The van der Waals surface area contributed by atoms with Gasteiger partial charge in [-0.05, 0) is 36.8 Å². The molecule has 0 saturated heterocycles. The van der Waals surface area contributed by atoms with Crippen LogP contribution in [0.3, 0.4) is 0 Å². The molecule has 7 nitrogen and oxygen atoms in total. The molecule has 4 rings (SSSR count). The molecule has 30 heavy (non-hydrogen) atoms. The second-order valence-corrected chi connectivity index (χ2v) is 8.08. The van der Waals surface area contributed by atoms with E-state index in [-0.39, 0.29) is 73.8 Å². The van der Waals surface area contributed by atoms with E-state index in [0.717, 1.165) is 0 Å². The zero-order valence-corrected chi connectivity index (χ0v) is 18.9. The monoisotopic (exact) mass is 432 g/mol. The van der Waals surface area contributed by atoms with Crippen LogP contribution in [-0.2, 0) is 10.1 Å². The number of carbonyl (C=O) groups is 2. The molecule has 9 heteroatoms. The quantitative estimate of drug-likeness (QED) is 0.258. The van der Waals surface area contributed by atoms with E-state index in [1.165, 1.54) is 36.4 Å². The summed E-state index contributed by atoms with van der Waals surface area (Å²) in [5.41, 5.74) is 0.944. The minimum Gasteiger partial charge on any atom is -0.507 e. The molecular weight excluding hydrogens is 417 g/mol. The zero-order valence-electron chi connectivity index (χ0n) is 16.1. The average Bonchev–Trinajstić information content (AvgIpc) is 2.68. The normalized spacial score (nSPS) is 12.6. The number of benzene rings is 3. The predicted molar refractivity (Wildman–Crippen MR) is 111 cm³/mol. The van der Waals surface area contributed by atoms with E-state index in [1.807, 2.05) is 0 Å². The van der Waals surface area contributed by atoms with Gasteiger partial charge in [0.05, 0.1) is 22.5 Å². The number of nitrogens with one attached hydrogen (secondary N) is 1. The number of phenolic OH excluding ortho intramolecular Hbond substituents is 1. The van der Waals surface area contributed by atoms with Crippen LogP contribution in [0.5, 0.6) is 5.75 Å². The molecule has 1 aliphatic carbocycles. The fourth-order valence-electron chi connectivity index (χ4n) is 3.40. The molecule has 0 aromatic heterocycles. The van der Waals surface area contributed by atoms with Crippen molar-refractivity contribution in [1.29, 1.82) is 0 Å². The van der Waals surface area contributed by atoms with Gasteiger partial charge in [0.25, 0.3) is 10.1 Å². The van der Waals surface area contributed by atoms with E-state index in [2.05, 4.69) is 5.32 Å². The van der Waals surface area contributed by atoms with Crippen molar-refractivity contribution in [3.05, 3.63) is 82.4 Å². The van der Waals surface area contributed by atoms with E-state index >= 15 is 0 Å². The first-order valence-electron chi connectivity index (χ1n) is 8.58. The van der Waals surface area contributed by atoms with Crippen LogP contribution in [0.1, 0.15) is 37.4 Å². The number of ketones is 2. The smallest absolute Gasteiger partial charge is 0.296 e. The molecule has 0 atom stereocenters. The largest absolute Gasteiger partial charge is 0.507 e. The van der Waals surface area contributed by atoms with E-state index in [0.29, 0.717) is 5.56 Å². The molecule has 0 amide bonds.